The van der Waals surface area contributed by atoms with Gasteiger partial charge in [-0.05, 0) is 120 Å². The van der Waals surface area contributed by atoms with Crippen molar-refractivity contribution in [2.75, 3.05) is 0 Å². The van der Waals surface area contributed by atoms with Crippen LogP contribution in [0.3, 0.4) is 0 Å². The van der Waals surface area contributed by atoms with E-state index in [1.165, 1.54) is 103 Å². The topological polar surface area (TPSA) is 13.1 Å². The fourth-order valence-electron chi connectivity index (χ4n) is 10.8. The van der Waals surface area contributed by atoms with E-state index in [-0.39, 0.29) is 16.7 Å². The van der Waals surface area contributed by atoms with Crippen molar-refractivity contribution in [3.05, 3.63) is 228 Å². The molecule has 2 heterocycles. The summed E-state index contributed by atoms with van der Waals surface area (Å²) >= 11 is 1.87. The summed E-state index contributed by atoms with van der Waals surface area (Å²) in [5.41, 5.74) is 19.4. The Bertz CT molecular complexity index is 3600. The van der Waals surface area contributed by atoms with Crippen molar-refractivity contribution in [1.29, 1.82) is 0 Å². The number of thiophene rings is 1. The largest absolute Gasteiger partial charge is 0.456 e. The first-order valence-corrected chi connectivity index (χ1v) is 23.3. The summed E-state index contributed by atoms with van der Waals surface area (Å²) in [5, 5.41) is 4.99. The number of rotatable bonds is 6. The van der Waals surface area contributed by atoms with Crippen LogP contribution in [0.2, 0.25) is 0 Å². The summed E-state index contributed by atoms with van der Waals surface area (Å²) in [6, 6.07) is 72.5. The first-order chi connectivity index (χ1) is 31.1. The molecule has 1 nitrogen and oxygen atoms in total. The second-order valence-corrected chi connectivity index (χ2v) is 20.3. The fraction of sp³-hybridized carbons (Fsp3) is 0.129. The molecule has 1 aliphatic rings. The van der Waals surface area contributed by atoms with Gasteiger partial charge in [0.1, 0.15) is 11.2 Å². The van der Waals surface area contributed by atoms with Crippen LogP contribution in [-0.2, 0) is 10.8 Å². The maximum Gasteiger partial charge on any atom is 0.135 e. The summed E-state index contributed by atoms with van der Waals surface area (Å²) in [4.78, 5) is 0. The molecule has 11 aromatic rings. The summed E-state index contributed by atoms with van der Waals surface area (Å²) in [7, 11) is 0. The molecule has 308 valence electrons. The van der Waals surface area contributed by atoms with Crippen LogP contribution in [0.4, 0.5) is 0 Å². The number of hydrogen-bond donors (Lipinski definition) is 0. The fourth-order valence-corrected chi connectivity index (χ4v) is 11.9. The molecule has 0 bridgehead atoms. The lowest BCUT2D eigenvalue weighted by atomic mass is 9.76. The van der Waals surface area contributed by atoms with Crippen molar-refractivity contribution in [3.8, 4) is 44.5 Å². The van der Waals surface area contributed by atoms with Gasteiger partial charge < -0.3 is 4.42 Å². The van der Waals surface area contributed by atoms with Crippen molar-refractivity contribution in [3.63, 3.8) is 0 Å². The molecule has 1 aliphatic carbocycles. The molecule has 1 atom stereocenters. The van der Waals surface area contributed by atoms with E-state index in [0.29, 0.717) is 0 Å². The molecule has 0 amide bonds. The Kier molecular flexibility index (Phi) is 8.77. The molecule has 9 aromatic carbocycles. The van der Waals surface area contributed by atoms with Crippen LogP contribution < -0.4 is 0 Å². The van der Waals surface area contributed by atoms with Gasteiger partial charge in [0, 0.05) is 42.3 Å². The van der Waals surface area contributed by atoms with Crippen LogP contribution in [0.5, 0.6) is 0 Å². The lowest BCUT2D eigenvalue weighted by molar-refractivity contribution is 0.594. The Morgan fingerprint density at radius 3 is 1.91 bits per heavy atom. The zero-order chi connectivity index (χ0) is 43.3. The van der Waals surface area contributed by atoms with E-state index in [4.69, 9.17) is 4.42 Å². The molecule has 2 aromatic heterocycles. The molecule has 1 unspecified atom stereocenters. The Labute approximate surface area is 379 Å². The summed E-state index contributed by atoms with van der Waals surface area (Å²) < 4.78 is 9.45. The van der Waals surface area contributed by atoms with Crippen molar-refractivity contribution in [2.24, 2.45) is 0 Å². The zero-order valence-electron chi connectivity index (χ0n) is 36.9. The van der Waals surface area contributed by atoms with Crippen LogP contribution in [0.15, 0.2) is 199 Å². The van der Waals surface area contributed by atoms with Gasteiger partial charge >= 0.3 is 0 Å². The van der Waals surface area contributed by atoms with E-state index in [1.54, 1.807) is 0 Å². The van der Waals surface area contributed by atoms with E-state index in [9.17, 15) is 0 Å². The highest BCUT2D eigenvalue weighted by molar-refractivity contribution is 7.25. The van der Waals surface area contributed by atoms with Crippen LogP contribution in [0.1, 0.15) is 73.9 Å². The lowest BCUT2D eigenvalue weighted by Crippen LogP contribution is -2.16. The minimum Gasteiger partial charge on any atom is -0.456 e. The molecule has 0 aliphatic heterocycles. The normalized spacial score (nSPS) is 13.8. The summed E-state index contributed by atoms with van der Waals surface area (Å²) in [6.45, 7) is 11.7. The Morgan fingerprint density at radius 1 is 0.453 bits per heavy atom. The van der Waals surface area contributed by atoms with Gasteiger partial charge in [0.2, 0.25) is 0 Å². The summed E-state index contributed by atoms with van der Waals surface area (Å²) in [5.74, 6) is -0.104. The highest BCUT2D eigenvalue weighted by Crippen LogP contribution is 2.55. The van der Waals surface area contributed by atoms with E-state index in [1.807, 2.05) is 11.3 Å². The van der Waals surface area contributed by atoms with Gasteiger partial charge in [0.05, 0.1) is 0 Å². The quantitative estimate of drug-likeness (QED) is 0.152. The van der Waals surface area contributed by atoms with Gasteiger partial charge in [-0.1, -0.05) is 192 Å². The Balaban J connectivity index is 1.15. The molecular formula is C62H48OS. The highest BCUT2D eigenvalue weighted by Gasteiger charge is 2.39. The number of fused-ring (bicyclic) bond motifs is 9. The van der Waals surface area contributed by atoms with Gasteiger partial charge in [-0.3, -0.25) is 0 Å². The van der Waals surface area contributed by atoms with Crippen molar-refractivity contribution in [1.82, 2.24) is 0 Å². The molecule has 0 spiro atoms. The van der Waals surface area contributed by atoms with Gasteiger partial charge in [-0.2, -0.15) is 0 Å². The van der Waals surface area contributed by atoms with Crippen molar-refractivity contribution in [2.45, 2.75) is 51.4 Å². The van der Waals surface area contributed by atoms with Crippen LogP contribution >= 0.6 is 11.3 Å². The van der Waals surface area contributed by atoms with Gasteiger partial charge in [-0.15, -0.1) is 11.3 Å². The SMILES string of the molecule is CC(C)(C)c1cccc2oc3cc(C(c4ccc(-c5ccccc5)cc4)c4cc5c(cc4-c4ccc6sc7ccccc7c6c4)-c4c(-c6ccccc6)cccc4C5(C)C)ccc3c12. The highest BCUT2D eigenvalue weighted by atomic mass is 32.1. The molecule has 2 heteroatoms. The number of furan rings is 1. The van der Waals surface area contributed by atoms with Crippen LogP contribution in [-0.4, -0.2) is 0 Å². The number of benzene rings is 9. The predicted octanol–water partition coefficient (Wildman–Crippen LogP) is 17.7. The average Bonchev–Trinajstić information content (AvgIpc) is 3.96. The lowest BCUT2D eigenvalue weighted by Gasteiger charge is -2.27. The predicted molar refractivity (Wildman–Crippen MR) is 273 cm³/mol. The molecule has 0 fully saturated rings. The Morgan fingerprint density at radius 2 is 1.12 bits per heavy atom. The van der Waals surface area contributed by atoms with Crippen molar-refractivity contribution >= 4 is 53.4 Å². The average molecular weight is 841 g/mol. The molecule has 0 saturated heterocycles. The Hall–Kier alpha value is -7.00. The zero-order valence-corrected chi connectivity index (χ0v) is 37.7. The minimum atomic E-state index is -0.232. The first-order valence-electron chi connectivity index (χ1n) is 22.5. The standard InChI is InChI=1S/C62H48OS/c1-61(2,3)51-22-15-24-54-60(51)46-32-30-43(35-55(46)63-54)58(41-28-26-39(27-29-41)38-16-8-6-9-17-38)49-37-53-50(59-44(40-18-10-7-11-19-40)21-14-23-52(59)62(53,4)5)36-47(49)42-31-33-57-48(34-42)45-20-12-13-25-56(45)64-57/h6-37,58H,1-5H3. The third-order valence-corrected chi connectivity index (χ3v) is 15.1. The third kappa shape index (κ3) is 6.11. The van der Waals surface area contributed by atoms with Crippen LogP contribution in [0.25, 0.3) is 86.6 Å². The van der Waals surface area contributed by atoms with Gasteiger partial charge in [0.25, 0.3) is 0 Å². The second kappa shape index (κ2) is 14.5. The van der Waals surface area contributed by atoms with Gasteiger partial charge in [0.15, 0.2) is 0 Å². The maximum atomic E-state index is 6.83. The molecule has 12 rings (SSSR count). The maximum absolute atomic E-state index is 6.83. The minimum absolute atomic E-state index is 0.0308. The summed E-state index contributed by atoms with van der Waals surface area (Å²) in [6.07, 6.45) is 0. The third-order valence-electron chi connectivity index (χ3n) is 14.0. The van der Waals surface area contributed by atoms with E-state index in [0.717, 1.165) is 16.6 Å². The smallest absolute Gasteiger partial charge is 0.135 e. The second-order valence-electron chi connectivity index (χ2n) is 19.2. The van der Waals surface area contributed by atoms with E-state index < -0.39 is 0 Å². The van der Waals surface area contributed by atoms with Crippen molar-refractivity contribution < 1.29 is 4.42 Å². The van der Waals surface area contributed by atoms with Crippen LogP contribution in [0, 0.1) is 0 Å². The monoisotopic (exact) mass is 840 g/mol. The molecule has 0 N–H and O–H groups in total. The van der Waals surface area contributed by atoms with E-state index >= 15 is 0 Å². The van der Waals surface area contributed by atoms with Gasteiger partial charge in [-0.25, -0.2) is 0 Å². The number of hydrogen-bond acceptors (Lipinski definition) is 2. The molecule has 64 heavy (non-hydrogen) atoms. The first kappa shape index (κ1) is 38.7. The van der Waals surface area contributed by atoms with E-state index in [2.05, 4.69) is 229 Å². The molecular weight excluding hydrogens is 793 g/mol. The molecule has 0 saturated carbocycles. The molecule has 0 radical (unpaired) electrons.